The van der Waals surface area contributed by atoms with Crippen molar-refractivity contribution in [2.75, 3.05) is 25.3 Å². The first-order valence-corrected chi connectivity index (χ1v) is 7.42. The van der Waals surface area contributed by atoms with Crippen molar-refractivity contribution in [3.63, 3.8) is 0 Å². The Morgan fingerprint density at radius 2 is 2.00 bits per heavy atom. The highest BCUT2D eigenvalue weighted by Gasteiger charge is 2.13. The molecule has 0 saturated heterocycles. The van der Waals surface area contributed by atoms with E-state index >= 15 is 0 Å². The summed E-state index contributed by atoms with van der Waals surface area (Å²) in [5, 5.41) is 5.95. The molecule has 2 aromatic rings. The molecule has 0 atom stereocenters. The third kappa shape index (κ3) is 3.98. The van der Waals surface area contributed by atoms with E-state index in [1.165, 1.54) is 0 Å². The number of hydrogen-bond donors (Lipinski definition) is 2. The van der Waals surface area contributed by atoms with Crippen LogP contribution < -0.4 is 24.8 Å². The Hall–Kier alpha value is -2.60. The molecule has 2 aromatic carbocycles. The monoisotopic (exact) mass is 334 g/mol. The highest BCUT2D eigenvalue weighted by atomic mass is 35.5. The van der Waals surface area contributed by atoms with Gasteiger partial charge in [0.25, 0.3) is 0 Å². The van der Waals surface area contributed by atoms with Gasteiger partial charge in [0, 0.05) is 11.8 Å². The average Bonchev–Trinajstić information content (AvgIpc) is 3.01. The lowest BCUT2D eigenvalue weighted by Crippen LogP contribution is -2.32. The number of rotatable bonds is 5. The van der Waals surface area contributed by atoms with Gasteiger partial charge < -0.3 is 24.8 Å². The smallest absolute Gasteiger partial charge is 0.319 e. The number of urea groups is 1. The zero-order valence-electron chi connectivity index (χ0n) is 12.2. The van der Waals surface area contributed by atoms with E-state index in [0.29, 0.717) is 41.1 Å². The molecule has 1 heterocycles. The minimum absolute atomic E-state index is 0.199. The van der Waals surface area contributed by atoms with Crippen molar-refractivity contribution in [2.24, 2.45) is 0 Å². The van der Waals surface area contributed by atoms with E-state index in [0.717, 1.165) is 0 Å². The molecule has 120 valence electrons. The van der Waals surface area contributed by atoms with Gasteiger partial charge in [0.15, 0.2) is 11.5 Å². The van der Waals surface area contributed by atoms with E-state index in [9.17, 15) is 4.79 Å². The van der Waals surface area contributed by atoms with Crippen molar-refractivity contribution < 1.29 is 19.0 Å². The standard InChI is InChI=1S/C16H15ClN2O4/c17-12-3-1-2-4-13(12)21-8-7-18-16(20)19-11-5-6-14-15(9-11)23-10-22-14/h1-6,9H,7-8,10H2,(H2,18,19,20). The maximum Gasteiger partial charge on any atom is 0.319 e. The molecule has 2 N–H and O–H groups in total. The number of hydrogen-bond acceptors (Lipinski definition) is 4. The topological polar surface area (TPSA) is 68.8 Å². The van der Waals surface area contributed by atoms with Crippen molar-refractivity contribution in [1.82, 2.24) is 5.32 Å². The molecule has 0 spiro atoms. The molecule has 1 aliphatic heterocycles. The molecule has 0 saturated carbocycles. The van der Waals surface area contributed by atoms with Crippen LogP contribution in [0, 0.1) is 0 Å². The number of carbonyl (C=O) groups excluding carboxylic acids is 1. The maximum absolute atomic E-state index is 11.8. The van der Waals surface area contributed by atoms with Crippen LogP contribution in [0.3, 0.4) is 0 Å². The predicted octanol–water partition coefficient (Wildman–Crippen LogP) is 3.27. The summed E-state index contributed by atoms with van der Waals surface area (Å²) in [6.45, 7) is 0.865. The fourth-order valence-corrected chi connectivity index (χ4v) is 2.23. The van der Waals surface area contributed by atoms with Crippen LogP contribution in [-0.2, 0) is 0 Å². The summed E-state index contributed by atoms with van der Waals surface area (Å²) < 4.78 is 16.0. The summed E-state index contributed by atoms with van der Waals surface area (Å²) in [5.74, 6) is 1.88. The largest absolute Gasteiger partial charge is 0.490 e. The minimum Gasteiger partial charge on any atom is -0.490 e. The number of ether oxygens (including phenoxy) is 3. The molecular formula is C16H15ClN2O4. The zero-order chi connectivity index (χ0) is 16.1. The predicted molar refractivity (Wildman–Crippen MR) is 86.5 cm³/mol. The van der Waals surface area contributed by atoms with Gasteiger partial charge in [-0.25, -0.2) is 4.79 Å². The molecule has 0 aliphatic carbocycles. The second-order valence-corrected chi connectivity index (χ2v) is 5.14. The number of fused-ring (bicyclic) bond motifs is 1. The Morgan fingerprint density at radius 3 is 2.87 bits per heavy atom. The summed E-state index contributed by atoms with van der Waals surface area (Å²) in [6.07, 6.45) is 0. The molecule has 0 fully saturated rings. The summed E-state index contributed by atoms with van der Waals surface area (Å²) in [7, 11) is 0. The number of anilines is 1. The van der Waals surface area contributed by atoms with Gasteiger partial charge >= 0.3 is 6.03 Å². The molecule has 3 rings (SSSR count). The lowest BCUT2D eigenvalue weighted by atomic mass is 10.3. The number of nitrogens with one attached hydrogen (secondary N) is 2. The third-order valence-electron chi connectivity index (χ3n) is 3.11. The van der Waals surface area contributed by atoms with E-state index < -0.39 is 0 Å². The summed E-state index contributed by atoms with van der Waals surface area (Å²) in [4.78, 5) is 11.8. The summed E-state index contributed by atoms with van der Waals surface area (Å²) in [6, 6.07) is 12.1. The van der Waals surface area contributed by atoms with E-state index in [4.69, 9.17) is 25.8 Å². The molecular weight excluding hydrogens is 320 g/mol. The molecule has 6 nitrogen and oxygen atoms in total. The zero-order valence-corrected chi connectivity index (χ0v) is 12.9. The van der Waals surface area contributed by atoms with E-state index in [1.54, 1.807) is 30.3 Å². The van der Waals surface area contributed by atoms with Crippen molar-refractivity contribution in [3.8, 4) is 17.2 Å². The van der Waals surface area contributed by atoms with Gasteiger partial charge in [-0.2, -0.15) is 0 Å². The van der Waals surface area contributed by atoms with Crippen LogP contribution in [0.15, 0.2) is 42.5 Å². The number of benzene rings is 2. The molecule has 2 amide bonds. The first-order chi connectivity index (χ1) is 11.2. The van der Waals surface area contributed by atoms with E-state index in [1.807, 2.05) is 12.1 Å². The Balaban J connectivity index is 1.42. The second-order valence-electron chi connectivity index (χ2n) is 4.73. The van der Waals surface area contributed by atoms with Gasteiger partial charge in [0.05, 0.1) is 11.6 Å². The highest BCUT2D eigenvalue weighted by Crippen LogP contribution is 2.34. The fraction of sp³-hybridized carbons (Fsp3) is 0.188. The van der Waals surface area contributed by atoms with Gasteiger partial charge in [-0.15, -0.1) is 0 Å². The van der Waals surface area contributed by atoms with Gasteiger partial charge in [-0.05, 0) is 24.3 Å². The van der Waals surface area contributed by atoms with Gasteiger partial charge in [0.1, 0.15) is 12.4 Å². The number of carbonyl (C=O) groups is 1. The van der Waals surface area contributed by atoms with Crippen molar-refractivity contribution in [2.45, 2.75) is 0 Å². The fourth-order valence-electron chi connectivity index (χ4n) is 2.04. The molecule has 0 radical (unpaired) electrons. The Bertz CT molecular complexity index is 708. The first-order valence-electron chi connectivity index (χ1n) is 7.04. The van der Waals surface area contributed by atoms with Crippen LogP contribution in [0.1, 0.15) is 0 Å². The van der Waals surface area contributed by atoms with Gasteiger partial charge in [0.2, 0.25) is 6.79 Å². The highest BCUT2D eigenvalue weighted by molar-refractivity contribution is 6.32. The molecule has 0 aromatic heterocycles. The van der Waals surface area contributed by atoms with Crippen LogP contribution in [0.4, 0.5) is 10.5 Å². The average molecular weight is 335 g/mol. The molecule has 1 aliphatic rings. The third-order valence-corrected chi connectivity index (χ3v) is 3.42. The quantitative estimate of drug-likeness (QED) is 0.823. The van der Waals surface area contributed by atoms with Crippen molar-refractivity contribution in [3.05, 3.63) is 47.5 Å². The van der Waals surface area contributed by atoms with Crippen LogP contribution in [0.5, 0.6) is 17.2 Å². The van der Waals surface area contributed by atoms with E-state index in [-0.39, 0.29) is 12.8 Å². The van der Waals surface area contributed by atoms with Crippen LogP contribution in [0.2, 0.25) is 5.02 Å². The van der Waals surface area contributed by atoms with Gasteiger partial charge in [-0.3, -0.25) is 0 Å². The van der Waals surface area contributed by atoms with Crippen LogP contribution in [0.25, 0.3) is 0 Å². The number of amides is 2. The second kappa shape index (κ2) is 7.11. The van der Waals surface area contributed by atoms with Crippen molar-refractivity contribution >= 4 is 23.3 Å². The summed E-state index contributed by atoms with van der Waals surface area (Å²) in [5.41, 5.74) is 0.624. The molecule has 7 heteroatoms. The molecule has 23 heavy (non-hydrogen) atoms. The minimum atomic E-state index is -0.327. The molecule has 0 unspecified atom stereocenters. The number of para-hydroxylation sites is 1. The Morgan fingerprint density at radius 1 is 1.17 bits per heavy atom. The Labute approximate surface area is 138 Å². The van der Waals surface area contributed by atoms with E-state index in [2.05, 4.69) is 10.6 Å². The number of halogens is 1. The normalized spacial score (nSPS) is 11.9. The first kappa shape index (κ1) is 15.3. The maximum atomic E-state index is 11.8. The lowest BCUT2D eigenvalue weighted by Gasteiger charge is -2.10. The van der Waals surface area contributed by atoms with Gasteiger partial charge in [-0.1, -0.05) is 23.7 Å². The SMILES string of the molecule is O=C(NCCOc1ccccc1Cl)Nc1ccc2c(c1)OCO2. The Kier molecular flexibility index (Phi) is 4.73. The van der Waals surface area contributed by atoms with Crippen molar-refractivity contribution in [1.29, 1.82) is 0 Å². The lowest BCUT2D eigenvalue weighted by molar-refractivity contribution is 0.174. The van der Waals surface area contributed by atoms with Crippen LogP contribution >= 0.6 is 11.6 Å². The summed E-state index contributed by atoms with van der Waals surface area (Å²) >= 11 is 5.97. The van der Waals surface area contributed by atoms with Crippen LogP contribution in [-0.4, -0.2) is 26.0 Å². The molecule has 0 bridgehead atoms.